The van der Waals surface area contributed by atoms with Gasteiger partial charge in [-0.05, 0) is 56.2 Å². The molecule has 1 aliphatic rings. The van der Waals surface area contributed by atoms with Gasteiger partial charge < -0.3 is 5.32 Å². The number of carbonyl (C=O) groups excluding carboxylic acids is 1. The SMILES string of the molecule is CCCCC1CCC(C(=O)N[C@@H](C)c2ccc(S(C)(=O)=O)cc2)CC1. The van der Waals surface area contributed by atoms with E-state index >= 15 is 0 Å². The molecular formula is C20H31NO3S. The van der Waals surface area contributed by atoms with Gasteiger partial charge in [-0.25, -0.2) is 8.42 Å². The molecule has 1 amide bonds. The van der Waals surface area contributed by atoms with Gasteiger partial charge >= 0.3 is 0 Å². The van der Waals surface area contributed by atoms with Gasteiger partial charge in [-0.15, -0.1) is 0 Å². The molecule has 140 valence electrons. The number of unbranched alkanes of at least 4 members (excludes halogenated alkanes) is 1. The third kappa shape index (κ3) is 5.84. The van der Waals surface area contributed by atoms with Crippen LogP contribution in [0.4, 0.5) is 0 Å². The first-order chi connectivity index (χ1) is 11.8. The lowest BCUT2D eigenvalue weighted by molar-refractivity contribution is -0.126. The molecule has 1 fully saturated rings. The molecule has 2 rings (SSSR count). The Bertz CT molecular complexity index is 659. The minimum absolute atomic E-state index is 0.112. The number of rotatable bonds is 7. The normalized spacial score (nSPS) is 22.4. The van der Waals surface area contributed by atoms with Crippen LogP contribution in [0.15, 0.2) is 29.2 Å². The fraction of sp³-hybridized carbons (Fsp3) is 0.650. The van der Waals surface area contributed by atoms with Crippen molar-refractivity contribution in [2.24, 2.45) is 11.8 Å². The molecular weight excluding hydrogens is 334 g/mol. The van der Waals surface area contributed by atoms with Gasteiger partial charge in [0.15, 0.2) is 9.84 Å². The molecule has 0 spiro atoms. The van der Waals surface area contributed by atoms with Crippen LogP contribution in [0.25, 0.3) is 0 Å². The number of hydrogen-bond acceptors (Lipinski definition) is 3. The Balaban J connectivity index is 1.86. The Morgan fingerprint density at radius 2 is 1.76 bits per heavy atom. The van der Waals surface area contributed by atoms with Crippen LogP contribution in [-0.2, 0) is 14.6 Å². The molecule has 0 heterocycles. The van der Waals surface area contributed by atoms with Crippen molar-refractivity contribution in [3.05, 3.63) is 29.8 Å². The Morgan fingerprint density at radius 3 is 2.28 bits per heavy atom. The first-order valence-electron chi connectivity index (χ1n) is 9.41. The quantitative estimate of drug-likeness (QED) is 0.785. The highest BCUT2D eigenvalue weighted by Crippen LogP contribution is 2.32. The lowest BCUT2D eigenvalue weighted by Crippen LogP contribution is -2.34. The number of benzene rings is 1. The molecule has 1 aromatic rings. The van der Waals surface area contributed by atoms with Crippen molar-refractivity contribution in [3.63, 3.8) is 0 Å². The van der Waals surface area contributed by atoms with E-state index in [4.69, 9.17) is 0 Å². The maximum absolute atomic E-state index is 12.5. The monoisotopic (exact) mass is 365 g/mol. The molecule has 1 N–H and O–H groups in total. The molecule has 0 unspecified atom stereocenters. The van der Waals surface area contributed by atoms with Gasteiger partial charge in [0.1, 0.15) is 0 Å². The van der Waals surface area contributed by atoms with Crippen LogP contribution in [0.5, 0.6) is 0 Å². The summed E-state index contributed by atoms with van der Waals surface area (Å²) in [4.78, 5) is 12.8. The highest BCUT2D eigenvalue weighted by molar-refractivity contribution is 7.90. The van der Waals surface area contributed by atoms with E-state index in [9.17, 15) is 13.2 Å². The van der Waals surface area contributed by atoms with Crippen LogP contribution in [0.2, 0.25) is 0 Å². The molecule has 0 bridgehead atoms. The highest BCUT2D eigenvalue weighted by atomic mass is 32.2. The average molecular weight is 366 g/mol. The van der Waals surface area contributed by atoms with Crippen LogP contribution in [0.3, 0.4) is 0 Å². The van der Waals surface area contributed by atoms with Crippen molar-refractivity contribution in [1.82, 2.24) is 5.32 Å². The number of amides is 1. The van der Waals surface area contributed by atoms with E-state index in [1.165, 1.54) is 25.5 Å². The van der Waals surface area contributed by atoms with Crippen molar-refractivity contribution < 1.29 is 13.2 Å². The van der Waals surface area contributed by atoms with Crippen LogP contribution < -0.4 is 5.32 Å². The minimum atomic E-state index is -3.18. The first kappa shape index (κ1) is 20.0. The third-order valence-corrected chi connectivity index (χ3v) is 6.48. The molecule has 0 saturated heterocycles. The number of nitrogens with one attached hydrogen (secondary N) is 1. The summed E-state index contributed by atoms with van der Waals surface area (Å²) in [6, 6.07) is 6.66. The van der Waals surface area contributed by atoms with Gasteiger partial charge in [0.2, 0.25) is 5.91 Å². The van der Waals surface area contributed by atoms with Crippen LogP contribution in [0.1, 0.15) is 70.4 Å². The fourth-order valence-corrected chi connectivity index (χ4v) is 4.25. The van der Waals surface area contributed by atoms with Gasteiger partial charge in [0.05, 0.1) is 10.9 Å². The van der Waals surface area contributed by atoms with Crippen molar-refractivity contribution in [2.75, 3.05) is 6.26 Å². The average Bonchev–Trinajstić information content (AvgIpc) is 2.59. The molecule has 1 saturated carbocycles. The van der Waals surface area contributed by atoms with Crippen LogP contribution in [-0.4, -0.2) is 20.6 Å². The van der Waals surface area contributed by atoms with Crippen LogP contribution in [0, 0.1) is 11.8 Å². The summed E-state index contributed by atoms with van der Waals surface area (Å²) in [5, 5.41) is 3.09. The third-order valence-electron chi connectivity index (χ3n) is 5.35. The molecule has 1 atom stereocenters. The molecule has 1 aromatic carbocycles. The minimum Gasteiger partial charge on any atom is -0.349 e. The summed E-state index contributed by atoms with van der Waals surface area (Å²) < 4.78 is 23.0. The second kappa shape index (κ2) is 8.84. The summed E-state index contributed by atoms with van der Waals surface area (Å²) in [5.74, 6) is 1.05. The summed E-state index contributed by atoms with van der Waals surface area (Å²) in [7, 11) is -3.18. The highest BCUT2D eigenvalue weighted by Gasteiger charge is 2.26. The Morgan fingerprint density at radius 1 is 1.16 bits per heavy atom. The Kier molecular flexibility index (Phi) is 7.05. The summed E-state index contributed by atoms with van der Waals surface area (Å²) in [6.45, 7) is 4.17. The zero-order valence-electron chi connectivity index (χ0n) is 15.6. The maximum atomic E-state index is 12.5. The van der Waals surface area contributed by atoms with Gasteiger partial charge in [-0.1, -0.05) is 38.3 Å². The molecule has 5 heteroatoms. The predicted molar refractivity (Wildman–Crippen MR) is 101 cm³/mol. The largest absolute Gasteiger partial charge is 0.349 e. The standard InChI is InChI=1S/C20H31NO3S/c1-4-5-6-16-7-9-18(10-8-16)20(22)21-15(2)17-11-13-19(14-12-17)25(3,23)24/h11-16,18H,4-10H2,1-3H3,(H,21,22)/t15-,16?,18?/m0/s1. The topological polar surface area (TPSA) is 63.2 Å². The smallest absolute Gasteiger partial charge is 0.223 e. The second-order valence-electron chi connectivity index (χ2n) is 7.43. The van der Waals surface area contributed by atoms with E-state index in [0.29, 0.717) is 4.90 Å². The second-order valence-corrected chi connectivity index (χ2v) is 9.45. The van der Waals surface area contributed by atoms with E-state index in [0.717, 1.165) is 37.2 Å². The van der Waals surface area contributed by atoms with Gasteiger partial charge in [-0.3, -0.25) is 4.79 Å². The molecule has 1 aliphatic carbocycles. The van der Waals surface area contributed by atoms with Crippen molar-refractivity contribution in [2.45, 2.75) is 69.7 Å². The Hall–Kier alpha value is -1.36. The number of carbonyl (C=O) groups is 1. The Labute approximate surface area is 152 Å². The van der Waals surface area contributed by atoms with E-state index in [1.807, 2.05) is 6.92 Å². The zero-order valence-corrected chi connectivity index (χ0v) is 16.4. The van der Waals surface area contributed by atoms with Gasteiger partial charge in [0.25, 0.3) is 0 Å². The summed E-state index contributed by atoms with van der Waals surface area (Å²) in [5.41, 5.74) is 0.928. The van der Waals surface area contributed by atoms with Gasteiger partial charge in [0, 0.05) is 12.2 Å². The zero-order chi connectivity index (χ0) is 18.4. The number of hydrogen-bond donors (Lipinski definition) is 1. The lowest BCUT2D eigenvalue weighted by atomic mass is 9.79. The van der Waals surface area contributed by atoms with Crippen LogP contribution >= 0.6 is 0 Å². The van der Waals surface area contributed by atoms with Crippen molar-refractivity contribution >= 4 is 15.7 Å². The fourth-order valence-electron chi connectivity index (χ4n) is 3.62. The predicted octanol–water partition coefficient (Wildman–Crippen LogP) is 4.26. The van der Waals surface area contributed by atoms with E-state index in [2.05, 4.69) is 12.2 Å². The van der Waals surface area contributed by atoms with Gasteiger partial charge in [-0.2, -0.15) is 0 Å². The molecule has 25 heavy (non-hydrogen) atoms. The molecule has 0 radical (unpaired) electrons. The first-order valence-corrected chi connectivity index (χ1v) is 11.3. The lowest BCUT2D eigenvalue weighted by Gasteiger charge is -2.28. The van der Waals surface area contributed by atoms with E-state index in [1.54, 1.807) is 24.3 Å². The summed E-state index contributed by atoms with van der Waals surface area (Å²) in [6.07, 6.45) is 9.33. The molecule has 4 nitrogen and oxygen atoms in total. The number of sulfone groups is 1. The molecule has 0 aliphatic heterocycles. The summed E-state index contributed by atoms with van der Waals surface area (Å²) >= 11 is 0. The maximum Gasteiger partial charge on any atom is 0.223 e. The van der Waals surface area contributed by atoms with Crippen molar-refractivity contribution in [1.29, 1.82) is 0 Å². The van der Waals surface area contributed by atoms with E-state index < -0.39 is 9.84 Å². The molecule has 0 aromatic heterocycles. The van der Waals surface area contributed by atoms with Crippen molar-refractivity contribution in [3.8, 4) is 0 Å². The van der Waals surface area contributed by atoms with E-state index in [-0.39, 0.29) is 17.9 Å².